The lowest BCUT2D eigenvalue weighted by Crippen LogP contribution is -2.42. The van der Waals surface area contributed by atoms with Crippen molar-refractivity contribution < 1.29 is 14.6 Å². The van der Waals surface area contributed by atoms with Crippen molar-refractivity contribution in [1.82, 2.24) is 5.32 Å². The molecule has 0 radical (unpaired) electrons. The molecular weight excluding hydrogens is 218 g/mol. The number of carbonyl (C=O) groups is 1. The van der Waals surface area contributed by atoms with Gasteiger partial charge in [-0.2, -0.15) is 0 Å². The highest BCUT2D eigenvalue weighted by Crippen LogP contribution is 2.30. The summed E-state index contributed by atoms with van der Waals surface area (Å²) in [5.74, 6) is 0.543. The minimum Gasteiger partial charge on any atom is -0.480 e. The van der Waals surface area contributed by atoms with Crippen LogP contribution in [0.15, 0.2) is 0 Å². The first-order valence-corrected chi connectivity index (χ1v) is 6.60. The van der Waals surface area contributed by atoms with E-state index >= 15 is 0 Å². The SMILES string of the molecule is CCNC(COC1CC(C)CC(C)C1)C(=O)O. The van der Waals surface area contributed by atoms with Gasteiger partial charge in [0, 0.05) is 0 Å². The zero-order chi connectivity index (χ0) is 12.8. The van der Waals surface area contributed by atoms with Gasteiger partial charge in [0.1, 0.15) is 6.04 Å². The van der Waals surface area contributed by atoms with Gasteiger partial charge in [0.25, 0.3) is 0 Å². The van der Waals surface area contributed by atoms with Gasteiger partial charge in [-0.25, -0.2) is 0 Å². The third-order valence-corrected chi connectivity index (χ3v) is 3.38. The van der Waals surface area contributed by atoms with Crippen LogP contribution in [0, 0.1) is 11.8 Å². The van der Waals surface area contributed by atoms with Crippen LogP contribution in [-0.2, 0) is 9.53 Å². The molecule has 0 saturated heterocycles. The summed E-state index contributed by atoms with van der Waals surface area (Å²) in [6.45, 7) is 7.31. The second-order valence-electron chi connectivity index (χ2n) is 5.32. The van der Waals surface area contributed by atoms with Gasteiger partial charge in [0.05, 0.1) is 12.7 Å². The molecule has 1 aliphatic rings. The average molecular weight is 243 g/mol. The molecule has 0 aromatic heterocycles. The van der Waals surface area contributed by atoms with E-state index in [0.717, 1.165) is 12.8 Å². The van der Waals surface area contributed by atoms with Gasteiger partial charge in [-0.05, 0) is 37.6 Å². The summed E-state index contributed by atoms with van der Waals surface area (Å²) in [7, 11) is 0. The Balaban J connectivity index is 2.35. The maximum Gasteiger partial charge on any atom is 0.323 e. The zero-order valence-corrected chi connectivity index (χ0v) is 11.1. The summed E-state index contributed by atoms with van der Waals surface area (Å²) in [5, 5.41) is 11.9. The Labute approximate surface area is 104 Å². The van der Waals surface area contributed by atoms with Gasteiger partial charge in [-0.3, -0.25) is 4.79 Å². The predicted molar refractivity (Wildman–Crippen MR) is 67.0 cm³/mol. The molecule has 3 atom stereocenters. The Kier molecular flexibility index (Phi) is 5.92. The number of ether oxygens (including phenoxy) is 1. The van der Waals surface area contributed by atoms with Crippen molar-refractivity contribution >= 4 is 5.97 Å². The molecule has 0 aromatic carbocycles. The highest BCUT2D eigenvalue weighted by atomic mass is 16.5. The molecule has 2 N–H and O–H groups in total. The van der Waals surface area contributed by atoms with Crippen LogP contribution in [0.2, 0.25) is 0 Å². The van der Waals surface area contributed by atoms with Gasteiger partial charge >= 0.3 is 5.97 Å². The van der Waals surface area contributed by atoms with Crippen LogP contribution in [0.25, 0.3) is 0 Å². The first kappa shape index (κ1) is 14.5. The molecule has 0 aliphatic heterocycles. The number of carboxylic acids is 1. The van der Waals surface area contributed by atoms with Crippen molar-refractivity contribution in [1.29, 1.82) is 0 Å². The van der Waals surface area contributed by atoms with Crippen LogP contribution in [0.1, 0.15) is 40.0 Å². The number of nitrogens with one attached hydrogen (secondary N) is 1. The minimum absolute atomic E-state index is 0.231. The first-order valence-electron chi connectivity index (χ1n) is 6.60. The standard InChI is InChI=1S/C13H25NO3/c1-4-14-12(13(15)16)8-17-11-6-9(2)5-10(3)7-11/h9-12,14H,4-8H2,1-3H3,(H,15,16). The lowest BCUT2D eigenvalue weighted by molar-refractivity contribution is -0.142. The molecule has 1 fully saturated rings. The second kappa shape index (κ2) is 6.97. The van der Waals surface area contributed by atoms with E-state index in [0.29, 0.717) is 18.4 Å². The van der Waals surface area contributed by atoms with E-state index in [2.05, 4.69) is 19.2 Å². The number of aliphatic carboxylic acids is 1. The van der Waals surface area contributed by atoms with Gasteiger partial charge in [-0.15, -0.1) is 0 Å². The third kappa shape index (κ3) is 5.04. The molecule has 17 heavy (non-hydrogen) atoms. The Morgan fingerprint density at radius 3 is 2.41 bits per heavy atom. The molecule has 0 heterocycles. The number of hydrogen-bond donors (Lipinski definition) is 2. The number of likely N-dealkylation sites (N-methyl/N-ethyl adjacent to an activating group) is 1. The smallest absolute Gasteiger partial charge is 0.323 e. The van der Waals surface area contributed by atoms with E-state index < -0.39 is 12.0 Å². The lowest BCUT2D eigenvalue weighted by Gasteiger charge is -2.32. The van der Waals surface area contributed by atoms with Crippen molar-refractivity contribution in [2.24, 2.45) is 11.8 Å². The van der Waals surface area contributed by atoms with Crippen molar-refractivity contribution in [3.05, 3.63) is 0 Å². The molecule has 3 unspecified atom stereocenters. The highest BCUT2D eigenvalue weighted by Gasteiger charge is 2.26. The van der Waals surface area contributed by atoms with E-state index in [1.807, 2.05) is 6.92 Å². The fourth-order valence-electron chi connectivity index (χ4n) is 2.71. The lowest BCUT2D eigenvalue weighted by atomic mass is 9.82. The monoisotopic (exact) mass is 243 g/mol. The van der Waals surface area contributed by atoms with Crippen LogP contribution in [0.5, 0.6) is 0 Å². The molecular formula is C13H25NO3. The Morgan fingerprint density at radius 1 is 1.35 bits per heavy atom. The summed E-state index contributed by atoms with van der Waals surface area (Å²) in [4.78, 5) is 10.9. The molecule has 1 aliphatic carbocycles. The van der Waals surface area contributed by atoms with Crippen LogP contribution in [0.4, 0.5) is 0 Å². The van der Waals surface area contributed by atoms with E-state index in [9.17, 15) is 4.79 Å². The minimum atomic E-state index is -0.830. The molecule has 4 nitrogen and oxygen atoms in total. The largest absolute Gasteiger partial charge is 0.480 e. The molecule has 0 bridgehead atoms. The van der Waals surface area contributed by atoms with Crippen molar-refractivity contribution in [2.45, 2.75) is 52.2 Å². The fraction of sp³-hybridized carbons (Fsp3) is 0.923. The maximum absolute atomic E-state index is 10.9. The van der Waals surface area contributed by atoms with Gasteiger partial charge in [-0.1, -0.05) is 20.8 Å². The van der Waals surface area contributed by atoms with Crippen molar-refractivity contribution in [2.75, 3.05) is 13.2 Å². The average Bonchev–Trinajstić information content (AvgIpc) is 2.22. The van der Waals surface area contributed by atoms with Gasteiger partial charge in [0.2, 0.25) is 0 Å². The van der Waals surface area contributed by atoms with Gasteiger partial charge < -0.3 is 15.2 Å². The summed E-state index contributed by atoms with van der Waals surface area (Å²) in [6.07, 6.45) is 3.61. The van der Waals surface area contributed by atoms with Crippen LogP contribution >= 0.6 is 0 Å². The van der Waals surface area contributed by atoms with E-state index in [-0.39, 0.29) is 12.7 Å². The molecule has 100 valence electrons. The molecule has 4 heteroatoms. The summed E-state index contributed by atoms with van der Waals surface area (Å²) in [5.41, 5.74) is 0. The topological polar surface area (TPSA) is 58.6 Å². The van der Waals surface area contributed by atoms with Crippen LogP contribution in [0.3, 0.4) is 0 Å². The Bertz CT molecular complexity index is 235. The van der Waals surface area contributed by atoms with E-state index in [1.165, 1.54) is 6.42 Å². The molecule has 1 saturated carbocycles. The predicted octanol–water partition coefficient (Wildman–Crippen LogP) is 1.89. The quantitative estimate of drug-likeness (QED) is 0.748. The molecule has 1 rings (SSSR count). The van der Waals surface area contributed by atoms with E-state index in [1.54, 1.807) is 0 Å². The molecule has 0 amide bonds. The van der Waals surface area contributed by atoms with Crippen LogP contribution < -0.4 is 5.32 Å². The summed E-state index contributed by atoms with van der Waals surface area (Å²) < 4.78 is 5.76. The second-order valence-corrected chi connectivity index (χ2v) is 5.32. The summed E-state index contributed by atoms with van der Waals surface area (Å²) >= 11 is 0. The highest BCUT2D eigenvalue weighted by molar-refractivity contribution is 5.73. The summed E-state index contributed by atoms with van der Waals surface area (Å²) in [6, 6.07) is -0.576. The number of carboxylic acid groups (broad SMARTS) is 1. The van der Waals surface area contributed by atoms with Crippen molar-refractivity contribution in [3.8, 4) is 0 Å². The zero-order valence-electron chi connectivity index (χ0n) is 11.1. The third-order valence-electron chi connectivity index (χ3n) is 3.38. The normalized spacial score (nSPS) is 31.1. The molecule has 0 spiro atoms. The van der Waals surface area contributed by atoms with Crippen LogP contribution in [-0.4, -0.2) is 36.4 Å². The number of rotatable bonds is 6. The van der Waals surface area contributed by atoms with Crippen molar-refractivity contribution in [3.63, 3.8) is 0 Å². The fourth-order valence-corrected chi connectivity index (χ4v) is 2.71. The van der Waals surface area contributed by atoms with Gasteiger partial charge in [0.15, 0.2) is 0 Å². The molecule has 0 aromatic rings. The first-order chi connectivity index (χ1) is 8.02. The maximum atomic E-state index is 10.9. The number of hydrogen-bond acceptors (Lipinski definition) is 3. The Morgan fingerprint density at radius 2 is 1.94 bits per heavy atom. The van der Waals surface area contributed by atoms with E-state index in [4.69, 9.17) is 9.84 Å². The Hall–Kier alpha value is -0.610.